The molecule has 0 atom stereocenters. The van der Waals surface area contributed by atoms with Crippen molar-refractivity contribution < 1.29 is 9.15 Å². The van der Waals surface area contributed by atoms with Crippen LogP contribution in [0, 0.1) is 0 Å². The zero-order valence-electron chi connectivity index (χ0n) is 17.4. The zero-order valence-corrected chi connectivity index (χ0v) is 18.2. The number of aromatic nitrogens is 4. The van der Waals surface area contributed by atoms with E-state index in [1.807, 2.05) is 77.5 Å². The molecule has 0 amide bonds. The maximum absolute atomic E-state index is 5.90. The summed E-state index contributed by atoms with van der Waals surface area (Å²) in [5, 5.41) is 13.8. The Labute approximate surface area is 189 Å². The Morgan fingerprint density at radius 1 is 0.875 bits per heavy atom. The van der Waals surface area contributed by atoms with Gasteiger partial charge in [-0.3, -0.25) is 0 Å². The van der Waals surface area contributed by atoms with Crippen molar-refractivity contribution in [3.63, 3.8) is 0 Å². The second-order valence-corrected chi connectivity index (χ2v) is 7.94. The highest BCUT2D eigenvalue weighted by Gasteiger charge is 2.16. The fourth-order valence-corrected chi connectivity index (χ4v) is 4.13. The van der Waals surface area contributed by atoms with E-state index in [4.69, 9.17) is 14.3 Å². The monoisotopic (exact) mass is 440 g/mol. The molecular formula is C25H20N4O2S. The predicted octanol–water partition coefficient (Wildman–Crippen LogP) is 5.89. The van der Waals surface area contributed by atoms with Gasteiger partial charge in [0.1, 0.15) is 5.75 Å². The third kappa shape index (κ3) is 4.15. The van der Waals surface area contributed by atoms with E-state index < -0.39 is 0 Å². The Bertz CT molecular complexity index is 1320. The molecule has 0 N–H and O–H groups in total. The van der Waals surface area contributed by atoms with Gasteiger partial charge in [-0.05, 0) is 24.3 Å². The second kappa shape index (κ2) is 9.11. The van der Waals surface area contributed by atoms with Crippen molar-refractivity contribution in [2.24, 2.45) is 0 Å². The summed E-state index contributed by atoms with van der Waals surface area (Å²) in [6.07, 6.45) is 2.06. The number of rotatable bonds is 7. The third-order valence-electron chi connectivity index (χ3n) is 4.95. The molecule has 0 spiro atoms. The van der Waals surface area contributed by atoms with Gasteiger partial charge in [0.15, 0.2) is 0 Å². The highest BCUT2D eigenvalue weighted by molar-refractivity contribution is 7.98. The summed E-state index contributed by atoms with van der Waals surface area (Å²) >= 11 is 1.49. The van der Waals surface area contributed by atoms with Gasteiger partial charge in [-0.25, -0.2) is 4.68 Å². The lowest BCUT2D eigenvalue weighted by Gasteiger charge is -2.03. The Kier molecular flexibility index (Phi) is 5.72. The van der Waals surface area contributed by atoms with Gasteiger partial charge in [-0.15, -0.1) is 10.2 Å². The lowest BCUT2D eigenvalue weighted by Crippen LogP contribution is -1.93. The van der Waals surface area contributed by atoms with E-state index in [0.717, 1.165) is 28.1 Å². The van der Waals surface area contributed by atoms with E-state index in [1.54, 1.807) is 7.11 Å². The van der Waals surface area contributed by atoms with Crippen LogP contribution >= 0.6 is 11.8 Å². The van der Waals surface area contributed by atoms with Gasteiger partial charge < -0.3 is 9.15 Å². The van der Waals surface area contributed by atoms with E-state index in [-0.39, 0.29) is 0 Å². The minimum atomic E-state index is 0.438. The molecule has 5 rings (SSSR count). The summed E-state index contributed by atoms with van der Waals surface area (Å²) in [4.78, 5) is 0. The van der Waals surface area contributed by atoms with Crippen LogP contribution in [0.3, 0.4) is 0 Å². The number of thioether (sulfide) groups is 1. The van der Waals surface area contributed by atoms with Crippen LogP contribution in [0.25, 0.3) is 28.4 Å². The quantitative estimate of drug-likeness (QED) is 0.294. The molecule has 32 heavy (non-hydrogen) atoms. The maximum atomic E-state index is 5.90. The van der Waals surface area contributed by atoms with E-state index in [9.17, 15) is 0 Å². The molecule has 6 nitrogen and oxygen atoms in total. The predicted molar refractivity (Wildman–Crippen MR) is 125 cm³/mol. The standard InChI is InChI=1S/C25H20N4O2S/c1-30-22-15-9-8-14-21(22)24-26-27-25(31-24)32-17-19-16-29(20-12-6-3-7-13-20)28-23(19)18-10-4-2-5-11-18/h2-16H,17H2,1H3. The van der Waals surface area contributed by atoms with Crippen LogP contribution in [-0.4, -0.2) is 27.1 Å². The maximum Gasteiger partial charge on any atom is 0.277 e. The molecule has 0 aliphatic carbocycles. The number of methoxy groups -OCH3 is 1. The Hall–Kier alpha value is -3.84. The molecule has 0 unspecified atom stereocenters. The minimum absolute atomic E-state index is 0.438. The van der Waals surface area contributed by atoms with Crippen LogP contribution < -0.4 is 4.74 Å². The SMILES string of the molecule is COc1ccccc1-c1nnc(SCc2cn(-c3ccccc3)nc2-c2ccccc2)o1. The van der Waals surface area contributed by atoms with Crippen molar-refractivity contribution in [2.75, 3.05) is 7.11 Å². The van der Waals surface area contributed by atoms with Crippen LogP contribution in [0.4, 0.5) is 0 Å². The van der Waals surface area contributed by atoms with Gasteiger partial charge in [-0.2, -0.15) is 5.10 Å². The largest absolute Gasteiger partial charge is 0.496 e. The first-order valence-electron chi connectivity index (χ1n) is 10.1. The number of nitrogens with zero attached hydrogens (tertiary/aromatic N) is 4. The van der Waals surface area contributed by atoms with Crippen LogP contribution in [0.2, 0.25) is 0 Å². The molecule has 5 aromatic rings. The highest BCUT2D eigenvalue weighted by atomic mass is 32.2. The minimum Gasteiger partial charge on any atom is -0.496 e. The number of para-hydroxylation sites is 2. The summed E-state index contributed by atoms with van der Waals surface area (Å²) in [6, 6.07) is 27.9. The van der Waals surface area contributed by atoms with Crippen LogP contribution in [-0.2, 0) is 5.75 Å². The molecule has 3 aromatic carbocycles. The zero-order chi connectivity index (χ0) is 21.8. The first-order chi connectivity index (χ1) is 15.8. The van der Waals surface area contributed by atoms with Crippen LogP contribution in [0.15, 0.2) is 101 Å². The molecule has 0 saturated heterocycles. The fourth-order valence-electron chi connectivity index (χ4n) is 3.41. The van der Waals surface area contributed by atoms with Gasteiger partial charge in [0.2, 0.25) is 0 Å². The molecule has 2 heterocycles. The van der Waals surface area contributed by atoms with Crippen LogP contribution in [0.1, 0.15) is 5.56 Å². The summed E-state index contributed by atoms with van der Waals surface area (Å²) < 4.78 is 13.2. The van der Waals surface area contributed by atoms with E-state index in [2.05, 4.69) is 28.5 Å². The molecule has 158 valence electrons. The molecule has 0 radical (unpaired) electrons. The van der Waals surface area contributed by atoms with Crippen molar-refractivity contribution in [3.8, 4) is 34.1 Å². The molecule has 0 bridgehead atoms. The third-order valence-corrected chi connectivity index (χ3v) is 5.82. The van der Waals surface area contributed by atoms with Crippen molar-refractivity contribution in [1.82, 2.24) is 20.0 Å². The van der Waals surface area contributed by atoms with E-state index in [1.165, 1.54) is 11.8 Å². The van der Waals surface area contributed by atoms with E-state index >= 15 is 0 Å². The highest BCUT2D eigenvalue weighted by Crippen LogP contribution is 2.33. The molecule has 2 aromatic heterocycles. The van der Waals surface area contributed by atoms with Crippen molar-refractivity contribution in [2.45, 2.75) is 11.0 Å². The Morgan fingerprint density at radius 3 is 2.38 bits per heavy atom. The number of benzene rings is 3. The lowest BCUT2D eigenvalue weighted by molar-refractivity contribution is 0.411. The fraction of sp³-hybridized carbons (Fsp3) is 0.0800. The molecule has 0 fully saturated rings. The van der Waals surface area contributed by atoms with Gasteiger partial charge in [0, 0.05) is 23.1 Å². The van der Waals surface area contributed by atoms with Crippen LogP contribution in [0.5, 0.6) is 5.75 Å². The Balaban J connectivity index is 1.42. The summed E-state index contributed by atoms with van der Waals surface area (Å²) in [6.45, 7) is 0. The summed E-state index contributed by atoms with van der Waals surface area (Å²) in [5.74, 6) is 1.78. The topological polar surface area (TPSA) is 66.0 Å². The van der Waals surface area contributed by atoms with Crippen molar-refractivity contribution in [3.05, 3.63) is 96.7 Å². The lowest BCUT2D eigenvalue weighted by atomic mass is 10.1. The molecule has 0 aliphatic heterocycles. The van der Waals surface area contributed by atoms with Gasteiger partial charge in [0.05, 0.1) is 24.1 Å². The molecular weight excluding hydrogens is 420 g/mol. The first kappa shape index (κ1) is 20.1. The summed E-state index contributed by atoms with van der Waals surface area (Å²) in [5.41, 5.74) is 4.87. The summed E-state index contributed by atoms with van der Waals surface area (Å²) in [7, 11) is 1.63. The molecule has 0 aliphatic rings. The molecule has 7 heteroatoms. The smallest absolute Gasteiger partial charge is 0.277 e. The van der Waals surface area contributed by atoms with E-state index in [0.29, 0.717) is 22.6 Å². The van der Waals surface area contributed by atoms with Gasteiger partial charge in [0.25, 0.3) is 11.1 Å². The van der Waals surface area contributed by atoms with Crippen molar-refractivity contribution >= 4 is 11.8 Å². The number of hydrogen-bond donors (Lipinski definition) is 0. The average molecular weight is 441 g/mol. The second-order valence-electron chi connectivity index (χ2n) is 7.01. The van der Waals surface area contributed by atoms with Gasteiger partial charge >= 0.3 is 0 Å². The average Bonchev–Trinajstić information content (AvgIpc) is 3.51. The molecule has 0 saturated carbocycles. The van der Waals surface area contributed by atoms with Crippen molar-refractivity contribution in [1.29, 1.82) is 0 Å². The first-order valence-corrected chi connectivity index (χ1v) is 11.1. The number of hydrogen-bond acceptors (Lipinski definition) is 6. The van der Waals surface area contributed by atoms with Gasteiger partial charge in [-0.1, -0.05) is 72.4 Å². The normalized spacial score (nSPS) is 10.9. The number of ether oxygens (including phenoxy) is 1. The Morgan fingerprint density at radius 2 is 1.59 bits per heavy atom.